The minimum atomic E-state index is -4.77. The molecule has 0 aliphatic carbocycles. The molecule has 7 nitrogen and oxygen atoms in total. The van der Waals surface area contributed by atoms with Gasteiger partial charge in [-0.05, 0) is 42.0 Å². The molecule has 0 amide bonds. The maximum atomic E-state index is 13.5. The Balaban J connectivity index is 1.35. The Morgan fingerprint density at radius 3 is 2.66 bits per heavy atom. The average molecular weight is 446 g/mol. The van der Waals surface area contributed by atoms with Gasteiger partial charge in [0.05, 0.1) is 25.2 Å². The van der Waals surface area contributed by atoms with E-state index in [1.807, 2.05) is 4.57 Å². The van der Waals surface area contributed by atoms with Crippen molar-refractivity contribution in [3.8, 4) is 28.7 Å². The number of imidazole rings is 1. The van der Waals surface area contributed by atoms with E-state index in [4.69, 9.17) is 9.26 Å². The summed E-state index contributed by atoms with van der Waals surface area (Å²) in [7, 11) is 0. The molecule has 0 radical (unpaired) electrons. The number of fused-ring (bicyclic) bond motifs is 1. The lowest BCUT2D eigenvalue weighted by atomic mass is 10.1. The van der Waals surface area contributed by atoms with E-state index in [0.29, 0.717) is 17.8 Å². The lowest BCUT2D eigenvalue weighted by Crippen LogP contribution is -2.20. The number of hydrogen-bond donors (Lipinski definition) is 0. The SMILES string of the molecule is Fc1cccc([C@@H]2Cn3cnc(-c4nc(-c5ccc(OC(F)(F)F)cc5)no4)c3CO2)c1. The topological polar surface area (TPSA) is 75.2 Å². The molecule has 0 unspecified atom stereocenters. The highest BCUT2D eigenvalue weighted by molar-refractivity contribution is 5.59. The first-order chi connectivity index (χ1) is 15.4. The monoisotopic (exact) mass is 446 g/mol. The number of benzene rings is 2. The molecule has 164 valence electrons. The van der Waals surface area contributed by atoms with Gasteiger partial charge in [-0.1, -0.05) is 17.3 Å². The van der Waals surface area contributed by atoms with Crippen LogP contribution in [-0.2, 0) is 17.9 Å². The lowest BCUT2D eigenvalue weighted by molar-refractivity contribution is -0.274. The number of halogens is 4. The second-order valence-electron chi connectivity index (χ2n) is 7.04. The van der Waals surface area contributed by atoms with Gasteiger partial charge in [0.2, 0.25) is 5.82 Å². The van der Waals surface area contributed by atoms with Crippen LogP contribution in [0.4, 0.5) is 17.6 Å². The van der Waals surface area contributed by atoms with Gasteiger partial charge in [0.1, 0.15) is 17.7 Å². The van der Waals surface area contributed by atoms with Crippen LogP contribution in [-0.4, -0.2) is 26.1 Å². The third kappa shape index (κ3) is 4.06. The molecule has 32 heavy (non-hydrogen) atoms. The van der Waals surface area contributed by atoms with E-state index < -0.39 is 6.36 Å². The molecule has 11 heteroatoms. The van der Waals surface area contributed by atoms with E-state index in [2.05, 4.69) is 19.9 Å². The molecular formula is C21H14F4N4O3. The van der Waals surface area contributed by atoms with Crippen LogP contribution in [0, 0.1) is 5.82 Å². The van der Waals surface area contributed by atoms with Gasteiger partial charge in [0.25, 0.3) is 5.89 Å². The van der Waals surface area contributed by atoms with Crippen molar-refractivity contribution < 1.29 is 31.6 Å². The molecule has 2 aromatic carbocycles. The summed E-state index contributed by atoms with van der Waals surface area (Å²) >= 11 is 0. The van der Waals surface area contributed by atoms with Crippen LogP contribution in [0.15, 0.2) is 59.4 Å². The fraction of sp³-hybridized carbons (Fsp3) is 0.190. The molecule has 5 rings (SSSR count). The maximum Gasteiger partial charge on any atom is 0.573 e. The van der Waals surface area contributed by atoms with Crippen molar-refractivity contribution in [2.45, 2.75) is 25.6 Å². The number of rotatable bonds is 4. The van der Waals surface area contributed by atoms with Crippen molar-refractivity contribution >= 4 is 0 Å². The van der Waals surface area contributed by atoms with E-state index in [0.717, 1.165) is 23.4 Å². The summed E-state index contributed by atoms with van der Waals surface area (Å²) in [6.45, 7) is 0.644. The summed E-state index contributed by atoms with van der Waals surface area (Å²) in [5.41, 5.74) is 2.34. The molecule has 0 fully saturated rings. The van der Waals surface area contributed by atoms with Crippen LogP contribution in [0.5, 0.6) is 5.75 Å². The number of hydrogen-bond acceptors (Lipinski definition) is 6. The van der Waals surface area contributed by atoms with Crippen molar-refractivity contribution in [2.75, 3.05) is 0 Å². The maximum absolute atomic E-state index is 13.5. The number of ether oxygens (including phenoxy) is 2. The predicted octanol–water partition coefficient (Wildman–Crippen LogP) is 4.91. The zero-order valence-corrected chi connectivity index (χ0v) is 16.2. The summed E-state index contributed by atoms with van der Waals surface area (Å²) in [5, 5.41) is 3.89. The summed E-state index contributed by atoms with van der Waals surface area (Å²) < 4.78 is 67.4. The lowest BCUT2D eigenvalue weighted by Gasteiger charge is -2.25. The normalized spacial score (nSPS) is 16.1. The smallest absolute Gasteiger partial charge is 0.406 e. The van der Waals surface area contributed by atoms with Crippen molar-refractivity contribution in [3.63, 3.8) is 0 Å². The first kappa shape index (κ1) is 20.2. The van der Waals surface area contributed by atoms with E-state index in [1.165, 1.54) is 24.3 Å². The Hall–Kier alpha value is -3.73. The third-order valence-electron chi connectivity index (χ3n) is 4.93. The minimum Gasteiger partial charge on any atom is -0.406 e. The molecule has 0 N–H and O–H groups in total. The van der Waals surface area contributed by atoms with Gasteiger partial charge in [-0.25, -0.2) is 9.37 Å². The molecule has 0 saturated carbocycles. The quantitative estimate of drug-likeness (QED) is 0.415. The fourth-order valence-corrected chi connectivity index (χ4v) is 3.46. The van der Waals surface area contributed by atoms with Crippen molar-refractivity contribution in [3.05, 3.63) is 71.9 Å². The zero-order chi connectivity index (χ0) is 22.3. The Labute approximate surface area is 178 Å². The molecular weight excluding hydrogens is 432 g/mol. The second-order valence-corrected chi connectivity index (χ2v) is 7.04. The van der Waals surface area contributed by atoms with Crippen LogP contribution in [0.25, 0.3) is 23.0 Å². The summed E-state index contributed by atoms with van der Waals surface area (Å²) in [4.78, 5) is 8.65. The second kappa shape index (κ2) is 7.75. The van der Waals surface area contributed by atoms with Crippen LogP contribution in [0.3, 0.4) is 0 Å². The number of nitrogens with zero attached hydrogens (tertiary/aromatic N) is 4. The van der Waals surface area contributed by atoms with Gasteiger partial charge in [-0.15, -0.1) is 13.2 Å². The predicted molar refractivity (Wildman–Crippen MR) is 102 cm³/mol. The van der Waals surface area contributed by atoms with Crippen LogP contribution in [0.1, 0.15) is 17.4 Å². The first-order valence-electron chi connectivity index (χ1n) is 9.47. The summed E-state index contributed by atoms with van der Waals surface area (Å²) in [6, 6.07) is 11.3. The molecule has 3 heterocycles. The van der Waals surface area contributed by atoms with Gasteiger partial charge in [0, 0.05) is 5.56 Å². The molecule has 4 aromatic rings. The molecule has 1 aliphatic heterocycles. The van der Waals surface area contributed by atoms with Gasteiger partial charge in [-0.2, -0.15) is 4.98 Å². The van der Waals surface area contributed by atoms with Crippen LogP contribution < -0.4 is 4.74 Å². The summed E-state index contributed by atoms with van der Waals surface area (Å²) in [6.07, 6.45) is -3.47. The van der Waals surface area contributed by atoms with Crippen LogP contribution >= 0.6 is 0 Å². The van der Waals surface area contributed by atoms with Crippen molar-refractivity contribution in [1.29, 1.82) is 0 Å². The Kier molecular flexibility index (Phi) is 4.89. The molecule has 1 aliphatic rings. The van der Waals surface area contributed by atoms with E-state index in [-0.39, 0.29) is 36.0 Å². The Bertz CT molecular complexity index is 1250. The van der Waals surface area contributed by atoms with E-state index in [9.17, 15) is 17.6 Å². The van der Waals surface area contributed by atoms with Gasteiger partial charge in [0.15, 0.2) is 5.69 Å². The highest BCUT2D eigenvalue weighted by Crippen LogP contribution is 2.32. The first-order valence-corrected chi connectivity index (χ1v) is 9.47. The van der Waals surface area contributed by atoms with E-state index >= 15 is 0 Å². The molecule has 1 atom stereocenters. The minimum absolute atomic E-state index is 0.150. The van der Waals surface area contributed by atoms with Gasteiger partial charge in [-0.3, -0.25) is 0 Å². The van der Waals surface area contributed by atoms with Crippen molar-refractivity contribution in [1.82, 2.24) is 19.7 Å². The highest BCUT2D eigenvalue weighted by atomic mass is 19.4. The Morgan fingerprint density at radius 2 is 1.91 bits per heavy atom. The molecule has 2 aromatic heterocycles. The number of aromatic nitrogens is 4. The fourth-order valence-electron chi connectivity index (χ4n) is 3.46. The van der Waals surface area contributed by atoms with Crippen molar-refractivity contribution in [2.24, 2.45) is 0 Å². The standard InChI is InChI=1S/C21H14F4N4O3/c22-14-3-1-2-13(8-14)17-9-29-11-26-18(16(29)10-30-17)20-27-19(28-32-20)12-4-6-15(7-5-12)31-21(23,24)25/h1-8,11,17H,9-10H2/t17-/m0/s1. The molecule has 0 bridgehead atoms. The highest BCUT2D eigenvalue weighted by Gasteiger charge is 2.31. The largest absolute Gasteiger partial charge is 0.573 e. The number of alkyl halides is 3. The molecule has 0 saturated heterocycles. The average Bonchev–Trinajstić information content (AvgIpc) is 3.40. The Morgan fingerprint density at radius 1 is 1.09 bits per heavy atom. The zero-order valence-electron chi connectivity index (χ0n) is 16.2. The van der Waals surface area contributed by atoms with Gasteiger partial charge < -0.3 is 18.6 Å². The van der Waals surface area contributed by atoms with Crippen LogP contribution in [0.2, 0.25) is 0 Å². The summed E-state index contributed by atoms with van der Waals surface area (Å²) in [5.74, 6) is -0.343. The van der Waals surface area contributed by atoms with E-state index in [1.54, 1.807) is 18.5 Å². The third-order valence-corrected chi connectivity index (χ3v) is 4.93. The van der Waals surface area contributed by atoms with Gasteiger partial charge >= 0.3 is 6.36 Å². The molecule has 0 spiro atoms.